The molecule has 1 heterocycles. The van der Waals surface area contributed by atoms with Crippen LogP contribution in [-0.2, 0) is 4.79 Å². The van der Waals surface area contributed by atoms with E-state index in [0.29, 0.717) is 10.7 Å². The van der Waals surface area contributed by atoms with Gasteiger partial charge in [0.1, 0.15) is 16.8 Å². The molecule has 0 bridgehead atoms. The normalized spacial score (nSPS) is 15.5. The molecule has 1 aliphatic rings. The van der Waals surface area contributed by atoms with Gasteiger partial charge in [-0.05, 0) is 37.5 Å². The number of nitrogens with one attached hydrogen (secondary N) is 1. The Balaban J connectivity index is 1.93. The number of hydrogen-bond donors (Lipinski definition) is 1. The molecule has 1 aromatic carbocycles. The van der Waals surface area contributed by atoms with Crippen LogP contribution in [0.1, 0.15) is 36.8 Å². The van der Waals surface area contributed by atoms with E-state index >= 15 is 0 Å². The number of carbonyl (C=O) groups excluding carboxylic acids is 1. The number of nitriles is 1. The van der Waals surface area contributed by atoms with E-state index in [1.165, 1.54) is 6.08 Å². The quantitative estimate of drug-likeness (QED) is 0.518. The molecule has 122 valence electrons. The van der Waals surface area contributed by atoms with E-state index in [2.05, 4.69) is 10.3 Å². The van der Waals surface area contributed by atoms with E-state index < -0.39 is 0 Å². The Morgan fingerprint density at radius 1 is 1.42 bits per heavy atom. The van der Waals surface area contributed by atoms with Crippen LogP contribution < -0.4 is 5.32 Å². The first-order valence-electron chi connectivity index (χ1n) is 8.07. The van der Waals surface area contributed by atoms with Crippen LogP contribution in [0.15, 0.2) is 29.8 Å². The molecule has 2 aromatic rings. The van der Waals surface area contributed by atoms with Gasteiger partial charge in [0.05, 0.1) is 5.52 Å². The van der Waals surface area contributed by atoms with Crippen LogP contribution in [0, 0.1) is 18.3 Å². The van der Waals surface area contributed by atoms with Crippen molar-refractivity contribution in [1.82, 2.24) is 10.3 Å². The summed E-state index contributed by atoms with van der Waals surface area (Å²) in [7, 11) is 0. The summed E-state index contributed by atoms with van der Waals surface area (Å²) in [6, 6.07) is 9.85. The Bertz CT molecular complexity index is 861. The molecule has 24 heavy (non-hydrogen) atoms. The number of aryl methyl sites for hydroxylation is 1. The molecule has 1 aliphatic carbocycles. The molecule has 1 amide bonds. The van der Waals surface area contributed by atoms with Gasteiger partial charge >= 0.3 is 0 Å². The van der Waals surface area contributed by atoms with Crippen LogP contribution in [0.3, 0.4) is 0 Å². The molecule has 1 saturated carbocycles. The first-order chi connectivity index (χ1) is 11.6. The minimum absolute atomic E-state index is 0.0533. The first-order valence-corrected chi connectivity index (χ1v) is 8.45. The molecule has 5 heteroatoms. The second-order valence-corrected chi connectivity index (χ2v) is 6.50. The van der Waals surface area contributed by atoms with Gasteiger partial charge in [-0.15, -0.1) is 0 Å². The third kappa shape index (κ3) is 3.42. The zero-order valence-corrected chi connectivity index (χ0v) is 14.2. The molecule has 0 aliphatic heterocycles. The lowest BCUT2D eigenvalue weighted by Gasteiger charge is -2.11. The highest BCUT2D eigenvalue weighted by Gasteiger charge is 2.19. The number of nitrogens with zero attached hydrogens (tertiary/aromatic N) is 2. The number of hydrogen-bond acceptors (Lipinski definition) is 3. The fourth-order valence-corrected chi connectivity index (χ4v) is 3.27. The lowest BCUT2D eigenvalue weighted by Crippen LogP contribution is -2.33. The molecule has 1 fully saturated rings. The molecular formula is C19H18ClN3O. The second kappa shape index (κ2) is 7.02. The molecule has 0 unspecified atom stereocenters. The summed E-state index contributed by atoms with van der Waals surface area (Å²) >= 11 is 6.25. The fraction of sp³-hybridized carbons (Fsp3) is 0.316. The predicted molar refractivity (Wildman–Crippen MR) is 95.5 cm³/mol. The smallest absolute Gasteiger partial charge is 0.262 e. The van der Waals surface area contributed by atoms with Crippen molar-refractivity contribution in [2.24, 2.45) is 0 Å². The fourth-order valence-electron chi connectivity index (χ4n) is 3.08. The summed E-state index contributed by atoms with van der Waals surface area (Å²) in [5.74, 6) is -0.343. The van der Waals surface area contributed by atoms with Gasteiger partial charge in [0.15, 0.2) is 0 Å². The molecule has 4 nitrogen and oxygen atoms in total. The minimum Gasteiger partial charge on any atom is -0.349 e. The Morgan fingerprint density at radius 3 is 2.88 bits per heavy atom. The van der Waals surface area contributed by atoms with Crippen molar-refractivity contribution in [2.45, 2.75) is 38.6 Å². The third-order valence-corrected chi connectivity index (χ3v) is 4.69. The lowest BCUT2D eigenvalue weighted by molar-refractivity contribution is -0.117. The van der Waals surface area contributed by atoms with E-state index in [4.69, 9.17) is 11.6 Å². The van der Waals surface area contributed by atoms with Crippen molar-refractivity contribution in [3.05, 3.63) is 46.1 Å². The van der Waals surface area contributed by atoms with Crippen LogP contribution in [0.4, 0.5) is 0 Å². The van der Waals surface area contributed by atoms with Crippen molar-refractivity contribution in [2.75, 3.05) is 0 Å². The molecule has 1 N–H and O–H groups in total. The molecule has 0 radical (unpaired) electrons. The maximum absolute atomic E-state index is 12.3. The van der Waals surface area contributed by atoms with Crippen molar-refractivity contribution in [1.29, 1.82) is 5.26 Å². The Morgan fingerprint density at radius 2 is 2.17 bits per heavy atom. The molecular weight excluding hydrogens is 322 g/mol. The maximum atomic E-state index is 12.3. The number of rotatable bonds is 3. The van der Waals surface area contributed by atoms with Crippen LogP contribution in [0.25, 0.3) is 17.0 Å². The molecule has 0 atom stereocenters. The average molecular weight is 340 g/mol. The number of benzene rings is 1. The van der Waals surface area contributed by atoms with Crippen LogP contribution in [-0.4, -0.2) is 16.9 Å². The standard InChI is InChI=1S/C19H18ClN3O/c1-12-5-4-6-13-9-14(18(20)23-17(12)13)10-15(11-21)19(24)22-16-7-2-3-8-16/h4-6,9-10,16H,2-3,7-8H2,1H3,(H,22,24). The Hall–Kier alpha value is -2.38. The van der Waals surface area contributed by atoms with Crippen LogP contribution >= 0.6 is 11.6 Å². The number of aromatic nitrogens is 1. The number of fused-ring (bicyclic) bond motifs is 1. The highest BCUT2D eigenvalue weighted by Crippen LogP contribution is 2.25. The molecule has 3 rings (SSSR count). The summed E-state index contributed by atoms with van der Waals surface area (Å²) < 4.78 is 0. The van der Waals surface area contributed by atoms with E-state index in [1.54, 1.807) is 0 Å². The number of pyridine rings is 1. The highest BCUT2D eigenvalue weighted by molar-refractivity contribution is 6.31. The summed E-state index contributed by atoms with van der Waals surface area (Å²) in [6.45, 7) is 1.97. The monoisotopic (exact) mass is 339 g/mol. The number of para-hydroxylation sites is 1. The van der Waals surface area contributed by atoms with E-state index in [0.717, 1.165) is 42.1 Å². The third-order valence-electron chi connectivity index (χ3n) is 4.38. The van der Waals surface area contributed by atoms with Gasteiger partial charge in [0.2, 0.25) is 0 Å². The predicted octanol–water partition coefficient (Wildman–Crippen LogP) is 4.16. The summed E-state index contributed by atoms with van der Waals surface area (Å²) in [6.07, 6.45) is 5.71. The van der Waals surface area contributed by atoms with Gasteiger partial charge in [0.25, 0.3) is 5.91 Å². The largest absolute Gasteiger partial charge is 0.349 e. The van der Waals surface area contributed by atoms with Gasteiger partial charge in [-0.25, -0.2) is 4.98 Å². The number of amides is 1. The Kier molecular flexibility index (Phi) is 4.82. The van der Waals surface area contributed by atoms with Crippen molar-refractivity contribution < 1.29 is 4.79 Å². The van der Waals surface area contributed by atoms with Gasteiger partial charge < -0.3 is 5.32 Å². The van der Waals surface area contributed by atoms with E-state index in [9.17, 15) is 10.1 Å². The van der Waals surface area contributed by atoms with Gasteiger partial charge in [-0.3, -0.25) is 4.79 Å². The molecule has 1 aromatic heterocycles. The number of carbonyl (C=O) groups is 1. The number of halogens is 1. The van der Waals surface area contributed by atoms with Gasteiger partial charge in [0, 0.05) is 17.0 Å². The van der Waals surface area contributed by atoms with Crippen molar-refractivity contribution >= 4 is 34.5 Å². The minimum atomic E-state index is -0.343. The van der Waals surface area contributed by atoms with E-state index in [1.807, 2.05) is 37.3 Å². The van der Waals surface area contributed by atoms with Crippen molar-refractivity contribution in [3.8, 4) is 6.07 Å². The summed E-state index contributed by atoms with van der Waals surface area (Å²) in [5, 5.41) is 13.5. The Labute approximate surface area is 146 Å². The van der Waals surface area contributed by atoms with Crippen molar-refractivity contribution in [3.63, 3.8) is 0 Å². The summed E-state index contributed by atoms with van der Waals surface area (Å²) in [5.41, 5.74) is 2.49. The highest BCUT2D eigenvalue weighted by atomic mass is 35.5. The van der Waals surface area contributed by atoms with Gasteiger partial charge in [-0.1, -0.05) is 42.6 Å². The zero-order valence-electron chi connectivity index (χ0n) is 13.5. The van der Waals surface area contributed by atoms with E-state index in [-0.39, 0.29) is 17.5 Å². The van der Waals surface area contributed by atoms with Crippen LogP contribution in [0.5, 0.6) is 0 Å². The topological polar surface area (TPSA) is 65.8 Å². The van der Waals surface area contributed by atoms with Gasteiger partial charge in [-0.2, -0.15) is 5.26 Å². The first kappa shape index (κ1) is 16.5. The van der Waals surface area contributed by atoms with Crippen LogP contribution in [0.2, 0.25) is 5.15 Å². The molecule has 0 saturated heterocycles. The second-order valence-electron chi connectivity index (χ2n) is 6.14. The summed E-state index contributed by atoms with van der Waals surface area (Å²) in [4.78, 5) is 16.7. The zero-order chi connectivity index (χ0) is 17.1. The SMILES string of the molecule is Cc1cccc2cc(C=C(C#N)C(=O)NC3CCCC3)c(Cl)nc12. The lowest BCUT2D eigenvalue weighted by atomic mass is 10.1. The molecule has 0 spiro atoms. The average Bonchev–Trinajstić information content (AvgIpc) is 3.06. The maximum Gasteiger partial charge on any atom is 0.262 e.